The Kier molecular flexibility index (Phi) is 4.01. The molecule has 0 saturated heterocycles. The Bertz CT molecular complexity index is 878. The van der Waals surface area contributed by atoms with E-state index in [-0.39, 0.29) is 11.3 Å². The molecule has 0 radical (unpaired) electrons. The standard InChI is InChI=1S/C16H14N4O3/c1-22-12-7-6-10(9-13(12)23-2)14-16(21)18-15(20-19-14)11-5-3-4-8-17-11/h3-9H,1-2H3,(H,18,20,21). The largest absolute Gasteiger partial charge is 0.493 e. The fourth-order valence-corrected chi connectivity index (χ4v) is 2.13. The third-order valence-corrected chi connectivity index (χ3v) is 3.26. The van der Waals surface area contributed by atoms with Gasteiger partial charge in [-0.2, -0.15) is 0 Å². The summed E-state index contributed by atoms with van der Waals surface area (Å²) in [5.41, 5.74) is 0.985. The van der Waals surface area contributed by atoms with Crippen LogP contribution in [0.4, 0.5) is 0 Å². The number of hydrogen-bond donors (Lipinski definition) is 1. The summed E-state index contributed by atoms with van der Waals surface area (Å²) in [6.07, 6.45) is 1.62. The summed E-state index contributed by atoms with van der Waals surface area (Å²) in [5.74, 6) is 1.41. The van der Waals surface area contributed by atoms with Crippen LogP contribution in [0.25, 0.3) is 22.8 Å². The second-order valence-electron chi connectivity index (χ2n) is 4.64. The van der Waals surface area contributed by atoms with Crippen LogP contribution in [0.15, 0.2) is 47.4 Å². The van der Waals surface area contributed by atoms with E-state index in [1.165, 1.54) is 7.11 Å². The smallest absolute Gasteiger partial charge is 0.278 e. The Morgan fingerprint density at radius 3 is 2.48 bits per heavy atom. The minimum Gasteiger partial charge on any atom is -0.493 e. The van der Waals surface area contributed by atoms with Gasteiger partial charge in [0.05, 0.1) is 14.2 Å². The Hall–Kier alpha value is -3.22. The third kappa shape index (κ3) is 2.89. The number of nitrogens with zero attached hydrogens (tertiary/aromatic N) is 3. The van der Waals surface area contributed by atoms with Crippen LogP contribution in [0, 0.1) is 0 Å². The van der Waals surface area contributed by atoms with Crippen molar-refractivity contribution in [1.82, 2.24) is 20.2 Å². The molecule has 3 rings (SSSR count). The van der Waals surface area contributed by atoms with Crippen molar-refractivity contribution < 1.29 is 9.47 Å². The van der Waals surface area contributed by atoms with E-state index in [1.54, 1.807) is 43.6 Å². The Balaban J connectivity index is 2.03. The van der Waals surface area contributed by atoms with E-state index < -0.39 is 0 Å². The SMILES string of the molecule is COc1ccc(-c2nnc(-c3ccccn3)[nH]c2=O)cc1OC. The number of benzene rings is 1. The summed E-state index contributed by atoms with van der Waals surface area (Å²) in [6, 6.07) is 10.5. The summed E-state index contributed by atoms with van der Waals surface area (Å²) < 4.78 is 10.4. The van der Waals surface area contributed by atoms with Crippen molar-refractivity contribution in [2.24, 2.45) is 0 Å². The molecule has 0 bridgehead atoms. The van der Waals surface area contributed by atoms with Gasteiger partial charge < -0.3 is 14.5 Å². The molecule has 0 saturated carbocycles. The highest BCUT2D eigenvalue weighted by molar-refractivity contribution is 5.63. The minimum atomic E-state index is -0.354. The zero-order valence-corrected chi connectivity index (χ0v) is 12.6. The van der Waals surface area contributed by atoms with Crippen molar-refractivity contribution in [2.75, 3.05) is 14.2 Å². The summed E-state index contributed by atoms with van der Waals surface area (Å²) >= 11 is 0. The number of ether oxygens (including phenoxy) is 2. The lowest BCUT2D eigenvalue weighted by Crippen LogP contribution is -2.14. The number of aromatic nitrogens is 4. The number of H-pyrrole nitrogens is 1. The molecule has 0 fully saturated rings. The van der Waals surface area contributed by atoms with Crippen LogP contribution >= 0.6 is 0 Å². The molecule has 0 amide bonds. The van der Waals surface area contributed by atoms with E-state index in [9.17, 15) is 4.79 Å². The molecule has 7 heteroatoms. The van der Waals surface area contributed by atoms with Gasteiger partial charge in [-0.3, -0.25) is 9.78 Å². The van der Waals surface area contributed by atoms with Crippen molar-refractivity contribution in [3.05, 3.63) is 52.9 Å². The molecule has 0 aliphatic rings. The molecule has 1 aromatic carbocycles. The van der Waals surface area contributed by atoms with Gasteiger partial charge in [0, 0.05) is 11.8 Å². The first kappa shape index (κ1) is 14.7. The van der Waals surface area contributed by atoms with Crippen molar-refractivity contribution in [1.29, 1.82) is 0 Å². The predicted octanol–water partition coefficient (Wildman–Crippen LogP) is 1.91. The lowest BCUT2D eigenvalue weighted by atomic mass is 10.1. The summed E-state index contributed by atoms with van der Waals surface area (Å²) in [7, 11) is 3.08. The van der Waals surface area contributed by atoms with Crippen LogP contribution < -0.4 is 15.0 Å². The molecule has 0 aliphatic heterocycles. The van der Waals surface area contributed by atoms with Crippen molar-refractivity contribution in [3.8, 4) is 34.3 Å². The molecule has 2 aromatic heterocycles. The maximum atomic E-state index is 12.3. The van der Waals surface area contributed by atoms with Gasteiger partial charge >= 0.3 is 0 Å². The van der Waals surface area contributed by atoms with Crippen LogP contribution in [-0.4, -0.2) is 34.4 Å². The zero-order valence-electron chi connectivity index (χ0n) is 12.6. The second-order valence-corrected chi connectivity index (χ2v) is 4.64. The Morgan fingerprint density at radius 2 is 1.83 bits per heavy atom. The van der Waals surface area contributed by atoms with Crippen LogP contribution in [0.5, 0.6) is 11.5 Å². The maximum absolute atomic E-state index is 12.3. The van der Waals surface area contributed by atoms with Gasteiger partial charge in [0.25, 0.3) is 5.56 Å². The number of pyridine rings is 1. The molecule has 2 heterocycles. The highest BCUT2D eigenvalue weighted by atomic mass is 16.5. The summed E-state index contributed by atoms with van der Waals surface area (Å²) in [4.78, 5) is 19.1. The normalized spacial score (nSPS) is 10.3. The molecule has 3 aromatic rings. The van der Waals surface area contributed by atoms with Gasteiger partial charge in [-0.25, -0.2) is 0 Å². The van der Waals surface area contributed by atoms with Crippen LogP contribution in [-0.2, 0) is 0 Å². The molecule has 7 nitrogen and oxygen atoms in total. The van der Waals surface area contributed by atoms with Crippen LogP contribution in [0.1, 0.15) is 0 Å². The average Bonchev–Trinajstić information content (AvgIpc) is 2.61. The molecule has 0 spiro atoms. The molecule has 116 valence electrons. The van der Waals surface area contributed by atoms with Crippen molar-refractivity contribution in [3.63, 3.8) is 0 Å². The van der Waals surface area contributed by atoms with Gasteiger partial charge in [-0.05, 0) is 30.3 Å². The van der Waals surface area contributed by atoms with Gasteiger partial charge in [-0.1, -0.05) is 6.07 Å². The number of nitrogens with one attached hydrogen (secondary N) is 1. The van der Waals surface area contributed by atoms with Crippen molar-refractivity contribution in [2.45, 2.75) is 0 Å². The number of hydrogen-bond acceptors (Lipinski definition) is 6. The Morgan fingerprint density at radius 1 is 1.00 bits per heavy atom. The van der Waals surface area contributed by atoms with Gasteiger partial charge in [0.1, 0.15) is 5.69 Å². The molecule has 23 heavy (non-hydrogen) atoms. The van der Waals surface area contributed by atoms with Gasteiger partial charge in [0.15, 0.2) is 23.0 Å². The highest BCUT2D eigenvalue weighted by Crippen LogP contribution is 2.30. The van der Waals surface area contributed by atoms with E-state index in [0.29, 0.717) is 28.6 Å². The molecular formula is C16H14N4O3. The predicted molar refractivity (Wildman–Crippen MR) is 84.4 cm³/mol. The fourth-order valence-electron chi connectivity index (χ4n) is 2.13. The first-order chi connectivity index (χ1) is 11.2. The first-order valence-corrected chi connectivity index (χ1v) is 6.83. The Labute approximate surface area is 132 Å². The number of methoxy groups -OCH3 is 2. The second kappa shape index (κ2) is 6.27. The highest BCUT2D eigenvalue weighted by Gasteiger charge is 2.12. The molecule has 1 N–H and O–H groups in total. The third-order valence-electron chi connectivity index (χ3n) is 3.26. The molecule has 0 aliphatic carbocycles. The monoisotopic (exact) mass is 310 g/mol. The molecular weight excluding hydrogens is 296 g/mol. The van der Waals surface area contributed by atoms with E-state index in [4.69, 9.17) is 9.47 Å². The topological polar surface area (TPSA) is 90.0 Å². The summed E-state index contributed by atoms with van der Waals surface area (Å²) in [6.45, 7) is 0. The number of rotatable bonds is 4. The summed E-state index contributed by atoms with van der Waals surface area (Å²) in [5, 5.41) is 8.07. The average molecular weight is 310 g/mol. The van der Waals surface area contributed by atoms with Crippen molar-refractivity contribution >= 4 is 0 Å². The molecule has 0 unspecified atom stereocenters. The van der Waals surface area contributed by atoms with Crippen LogP contribution in [0.2, 0.25) is 0 Å². The van der Waals surface area contributed by atoms with Gasteiger partial charge in [0.2, 0.25) is 0 Å². The minimum absolute atomic E-state index is 0.200. The van der Waals surface area contributed by atoms with E-state index >= 15 is 0 Å². The van der Waals surface area contributed by atoms with E-state index in [1.807, 2.05) is 6.07 Å². The van der Waals surface area contributed by atoms with E-state index in [2.05, 4.69) is 20.2 Å². The zero-order chi connectivity index (χ0) is 16.2. The number of aromatic amines is 1. The maximum Gasteiger partial charge on any atom is 0.278 e. The lowest BCUT2D eigenvalue weighted by Gasteiger charge is -2.08. The quantitative estimate of drug-likeness (QED) is 0.791. The van der Waals surface area contributed by atoms with E-state index in [0.717, 1.165) is 0 Å². The fraction of sp³-hybridized carbons (Fsp3) is 0.125. The molecule has 0 atom stereocenters. The van der Waals surface area contributed by atoms with Gasteiger partial charge in [-0.15, -0.1) is 10.2 Å². The van der Waals surface area contributed by atoms with Crippen LogP contribution in [0.3, 0.4) is 0 Å². The lowest BCUT2D eigenvalue weighted by molar-refractivity contribution is 0.355. The first-order valence-electron chi connectivity index (χ1n) is 6.83.